The van der Waals surface area contributed by atoms with Crippen molar-refractivity contribution in [1.29, 1.82) is 0 Å². The van der Waals surface area contributed by atoms with E-state index in [1.165, 1.54) is 44.1 Å². The third-order valence-electron chi connectivity index (χ3n) is 5.17. The first-order chi connectivity index (χ1) is 9.60. The van der Waals surface area contributed by atoms with E-state index in [-0.39, 0.29) is 5.54 Å². The SMILES string of the molecule is CCCCCC1(Cc2ccccc2)[N]CCCC1(C)C. The van der Waals surface area contributed by atoms with Crippen LogP contribution in [0, 0.1) is 5.41 Å². The van der Waals surface area contributed by atoms with E-state index in [0.717, 1.165) is 13.0 Å². The highest BCUT2D eigenvalue weighted by molar-refractivity contribution is 5.20. The zero-order valence-electron chi connectivity index (χ0n) is 13.5. The van der Waals surface area contributed by atoms with Gasteiger partial charge >= 0.3 is 0 Å². The van der Waals surface area contributed by atoms with Gasteiger partial charge in [-0.1, -0.05) is 70.4 Å². The second kappa shape index (κ2) is 6.76. The van der Waals surface area contributed by atoms with Gasteiger partial charge in [0.1, 0.15) is 0 Å². The minimum Gasteiger partial charge on any atom is -0.234 e. The molecule has 1 heterocycles. The van der Waals surface area contributed by atoms with Crippen LogP contribution in [0.1, 0.15) is 64.9 Å². The molecule has 0 aromatic heterocycles. The van der Waals surface area contributed by atoms with Crippen LogP contribution in [0.15, 0.2) is 30.3 Å². The highest BCUT2D eigenvalue weighted by Crippen LogP contribution is 2.44. The molecule has 0 amide bonds. The number of unbranched alkanes of at least 4 members (excludes halogenated alkanes) is 2. The maximum Gasteiger partial charge on any atom is 0.0447 e. The van der Waals surface area contributed by atoms with Gasteiger partial charge in [0.2, 0.25) is 0 Å². The largest absolute Gasteiger partial charge is 0.234 e. The first-order valence-corrected chi connectivity index (χ1v) is 8.32. The van der Waals surface area contributed by atoms with Gasteiger partial charge in [-0.2, -0.15) is 0 Å². The van der Waals surface area contributed by atoms with E-state index in [0.29, 0.717) is 5.41 Å². The van der Waals surface area contributed by atoms with E-state index >= 15 is 0 Å². The van der Waals surface area contributed by atoms with E-state index < -0.39 is 0 Å². The minimum absolute atomic E-state index is 0.155. The second-order valence-electron chi connectivity index (χ2n) is 7.02. The monoisotopic (exact) mass is 272 g/mol. The Morgan fingerprint density at radius 3 is 2.50 bits per heavy atom. The van der Waals surface area contributed by atoms with Crippen LogP contribution in [-0.2, 0) is 6.42 Å². The molecule has 1 radical (unpaired) electrons. The Morgan fingerprint density at radius 2 is 1.85 bits per heavy atom. The van der Waals surface area contributed by atoms with Gasteiger partial charge in [-0.25, -0.2) is 5.32 Å². The Kier molecular flexibility index (Phi) is 5.26. The molecule has 111 valence electrons. The summed E-state index contributed by atoms with van der Waals surface area (Å²) in [6.45, 7) is 8.21. The highest BCUT2D eigenvalue weighted by atomic mass is 15.0. The average molecular weight is 272 g/mol. The number of nitrogens with zero attached hydrogens (tertiary/aromatic N) is 1. The molecule has 1 aromatic carbocycles. The molecule has 1 heteroatoms. The topological polar surface area (TPSA) is 14.1 Å². The molecule has 1 saturated heterocycles. The molecule has 0 aliphatic carbocycles. The van der Waals surface area contributed by atoms with Gasteiger partial charge in [-0.15, -0.1) is 0 Å². The number of benzene rings is 1. The van der Waals surface area contributed by atoms with Gasteiger partial charge in [0, 0.05) is 12.1 Å². The molecule has 1 aromatic rings. The molecule has 0 saturated carbocycles. The summed E-state index contributed by atoms with van der Waals surface area (Å²) < 4.78 is 0. The lowest BCUT2D eigenvalue weighted by Crippen LogP contribution is -2.57. The molecule has 1 nitrogen and oxygen atoms in total. The third kappa shape index (κ3) is 3.44. The van der Waals surface area contributed by atoms with Gasteiger partial charge in [-0.05, 0) is 36.7 Å². The van der Waals surface area contributed by atoms with Gasteiger partial charge in [0.15, 0.2) is 0 Å². The van der Waals surface area contributed by atoms with Crippen molar-refractivity contribution in [2.24, 2.45) is 5.41 Å². The van der Waals surface area contributed by atoms with Crippen LogP contribution in [0.3, 0.4) is 0 Å². The molecule has 0 N–H and O–H groups in total. The molecule has 1 unspecified atom stereocenters. The Hall–Kier alpha value is -0.820. The van der Waals surface area contributed by atoms with Crippen LogP contribution in [0.4, 0.5) is 0 Å². The van der Waals surface area contributed by atoms with Crippen molar-refractivity contribution in [2.45, 2.75) is 71.3 Å². The van der Waals surface area contributed by atoms with Gasteiger partial charge < -0.3 is 0 Å². The minimum atomic E-state index is 0.155. The highest BCUT2D eigenvalue weighted by Gasteiger charge is 2.46. The normalized spacial score (nSPS) is 25.6. The van der Waals surface area contributed by atoms with Crippen molar-refractivity contribution >= 4 is 0 Å². The predicted molar refractivity (Wildman–Crippen MR) is 87.0 cm³/mol. The average Bonchev–Trinajstić information content (AvgIpc) is 2.43. The smallest absolute Gasteiger partial charge is 0.0447 e. The summed E-state index contributed by atoms with van der Waals surface area (Å²) in [5, 5.41) is 5.18. The molecule has 1 aliphatic heterocycles. The first-order valence-electron chi connectivity index (χ1n) is 8.32. The summed E-state index contributed by atoms with van der Waals surface area (Å²) in [6, 6.07) is 11.0. The Bertz CT molecular complexity index is 395. The molecule has 1 fully saturated rings. The first kappa shape index (κ1) is 15.6. The van der Waals surface area contributed by atoms with Crippen LogP contribution in [0.25, 0.3) is 0 Å². The number of hydrogen-bond acceptors (Lipinski definition) is 0. The van der Waals surface area contributed by atoms with Crippen molar-refractivity contribution in [2.75, 3.05) is 6.54 Å². The van der Waals surface area contributed by atoms with Crippen LogP contribution in [0.5, 0.6) is 0 Å². The van der Waals surface area contributed by atoms with Crippen LogP contribution in [0.2, 0.25) is 0 Å². The van der Waals surface area contributed by atoms with E-state index in [4.69, 9.17) is 5.32 Å². The quantitative estimate of drug-likeness (QED) is 0.649. The molecule has 0 spiro atoms. The van der Waals surface area contributed by atoms with Crippen LogP contribution in [-0.4, -0.2) is 12.1 Å². The fourth-order valence-electron chi connectivity index (χ4n) is 3.66. The summed E-state index contributed by atoms with van der Waals surface area (Å²) in [5.74, 6) is 0. The lowest BCUT2D eigenvalue weighted by atomic mass is 9.62. The molecule has 20 heavy (non-hydrogen) atoms. The van der Waals surface area contributed by atoms with Crippen LogP contribution < -0.4 is 5.32 Å². The Morgan fingerprint density at radius 1 is 1.10 bits per heavy atom. The van der Waals surface area contributed by atoms with Crippen LogP contribution >= 0.6 is 0 Å². The van der Waals surface area contributed by atoms with E-state index in [1.54, 1.807) is 0 Å². The second-order valence-corrected chi connectivity index (χ2v) is 7.02. The molecule has 1 atom stereocenters. The lowest BCUT2D eigenvalue weighted by molar-refractivity contribution is 0.0573. The third-order valence-corrected chi connectivity index (χ3v) is 5.17. The van der Waals surface area contributed by atoms with Gasteiger partial charge in [0.25, 0.3) is 0 Å². The summed E-state index contributed by atoms with van der Waals surface area (Å²) in [6.07, 6.45) is 8.89. The van der Waals surface area contributed by atoms with Crippen molar-refractivity contribution < 1.29 is 0 Å². The Balaban J connectivity index is 2.18. The maximum atomic E-state index is 5.18. The molecular weight excluding hydrogens is 242 g/mol. The van der Waals surface area contributed by atoms with Crippen molar-refractivity contribution in [3.63, 3.8) is 0 Å². The van der Waals surface area contributed by atoms with E-state index in [2.05, 4.69) is 51.1 Å². The molecule has 1 aliphatic rings. The molecule has 0 bridgehead atoms. The zero-order chi connectivity index (χ0) is 14.5. The Labute approximate surface area is 125 Å². The standard InChI is InChI=1S/C19H30N/c1-4-5-9-14-19(16-17-11-7-6-8-12-17)18(2,3)13-10-15-20-19/h6-8,11-12H,4-5,9-10,13-16H2,1-3H3. The number of hydrogen-bond donors (Lipinski definition) is 0. The summed E-state index contributed by atoms with van der Waals surface area (Å²) in [7, 11) is 0. The lowest BCUT2D eigenvalue weighted by Gasteiger charge is -2.50. The number of piperidine rings is 1. The molecule has 2 rings (SSSR count). The number of rotatable bonds is 6. The summed E-state index contributed by atoms with van der Waals surface area (Å²) >= 11 is 0. The van der Waals surface area contributed by atoms with Crippen molar-refractivity contribution in [3.05, 3.63) is 35.9 Å². The summed E-state index contributed by atoms with van der Waals surface area (Å²) in [5.41, 5.74) is 1.93. The molecular formula is C19H30N. The maximum absolute atomic E-state index is 5.18. The fraction of sp³-hybridized carbons (Fsp3) is 0.684. The fourth-order valence-corrected chi connectivity index (χ4v) is 3.66. The van der Waals surface area contributed by atoms with Crippen molar-refractivity contribution in [1.82, 2.24) is 5.32 Å². The zero-order valence-corrected chi connectivity index (χ0v) is 13.5. The van der Waals surface area contributed by atoms with E-state index in [9.17, 15) is 0 Å². The van der Waals surface area contributed by atoms with Gasteiger partial charge in [0.05, 0.1) is 0 Å². The van der Waals surface area contributed by atoms with Gasteiger partial charge in [-0.3, -0.25) is 0 Å². The summed E-state index contributed by atoms with van der Waals surface area (Å²) in [4.78, 5) is 0. The predicted octanol–water partition coefficient (Wildman–Crippen LogP) is 4.97. The van der Waals surface area contributed by atoms with Crippen molar-refractivity contribution in [3.8, 4) is 0 Å². The van der Waals surface area contributed by atoms with E-state index in [1.807, 2.05) is 0 Å².